The molecule has 3 rings (SSSR count). The van der Waals surface area contributed by atoms with Crippen LogP contribution >= 0.6 is 0 Å². The minimum atomic E-state index is -0.108. The number of fused-ring (bicyclic) bond motifs is 1. The van der Waals surface area contributed by atoms with E-state index >= 15 is 0 Å². The summed E-state index contributed by atoms with van der Waals surface area (Å²) in [6.07, 6.45) is 1.84. The van der Waals surface area contributed by atoms with Crippen molar-refractivity contribution in [2.24, 2.45) is 0 Å². The van der Waals surface area contributed by atoms with E-state index in [4.69, 9.17) is 4.74 Å². The molecule has 2 N–H and O–H groups in total. The molecule has 0 bridgehead atoms. The highest BCUT2D eigenvalue weighted by atomic mass is 16.5. The molecule has 3 heterocycles. The van der Waals surface area contributed by atoms with Crippen LogP contribution in [0.5, 0.6) is 0 Å². The minimum absolute atomic E-state index is 0.0200. The van der Waals surface area contributed by atoms with Crippen LogP contribution in [0.3, 0.4) is 0 Å². The lowest BCUT2D eigenvalue weighted by molar-refractivity contribution is -0.0344. The van der Waals surface area contributed by atoms with Gasteiger partial charge < -0.3 is 15.0 Å². The second-order valence-electron chi connectivity index (χ2n) is 5.46. The maximum atomic E-state index is 12.1. The van der Waals surface area contributed by atoms with E-state index in [1.165, 1.54) is 0 Å². The van der Waals surface area contributed by atoms with Crippen molar-refractivity contribution < 1.29 is 4.74 Å². The highest BCUT2D eigenvalue weighted by Crippen LogP contribution is 2.19. The van der Waals surface area contributed by atoms with Gasteiger partial charge in [0.1, 0.15) is 11.9 Å². The fourth-order valence-electron chi connectivity index (χ4n) is 2.91. The standard InChI is InChI=1S/C14H22N4O2/c1-2-5-18-6-7-20-12(9-18)13-16-11-3-4-15-8-10(11)14(19)17-13/h12,15H,2-9H2,1H3,(H,16,17,19). The molecule has 6 nitrogen and oxygen atoms in total. The van der Waals surface area contributed by atoms with E-state index in [-0.39, 0.29) is 11.7 Å². The molecular weight excluding hydrogens is 256 g/mol. The molecule has 20 heavy (non-hydrogen) atoms. The van der Waals surface area contributed by atoms with E-state index in [1.807, 2.05) is 0 Å². The van der Waals surface area contributed by atoms with Gasteiger partial charge in [-0.3, -0.25) is 9.69 Å². The van der Waals surface area contributed by atoms with Crippen LogP contribution in [0.2, 0.25) is 0 Å². The molecule has 110 valence electrons. The molecule has 0 amide bonds. The van der Waals surface area contributed by atoms with Gasteiger partial charge in [0.25, 0.3) is 5.56 Å². The number of ether oxygens (including phenoxy) is 1. The first-order valence-corrected chi connectivity index (χ1v) is 7.44. The van der Waals surface area contributed by atoms with Crippen molar-refractivity contribution in [3.63, 3.8) is 0 Å². The fraction of sp³-hybridized carbons (Fsp3) is 0.714. The van der Waals surface area contributed by atoms with Crippen LogP contribution in [-0.4, -0.2) is 47.7 Å². The topological polar surface area (TPSA) is 70.2 Å². The summed E-state index contributed by atoms with van der Waals surface area (Å²) in [7, 11) is 0. The molecule has 1 unspecified atom stereocenters. The van der Waals surface area contributed by atoms with Gasteiger partial charge in [-0.05, 0) is 13.0 Å². The first-order chi connectivity index (χ1) is 9.78. The zero-order valence-electron chi connectivity index (χ0n) is 11.9. The Morgan fingerprint density at radius 3 is 3.25 bits per heavy atom. The normalized spacial score (nSPS) is 23.6. The Kier molecular flexibility index (Phi) is 4.14. The van der Waals surface area contributed by atoms with Gasteiger partial charge in [-0.25, -0.2) is 4.98 Å². The highest BCUT2D eigenvalue weighted by Gasteiger charge is 2.25. The van der Waals surface area contributed by atoms with Gasteiger partial charge in [0, 0.05) is 32.6 Å². The Bertz CT molecular complexity index is 526. The van der Waals surface area contributed by atoms with Gasteiger partial charge >= 0.3 is 0 Å². The van der Waals surface area contributed by atoms with Crippen molar-refractivity contribution >= 4 is 0 Å². The van der Waals surface area contributed by atoms with Crippen molar-refractivity contribution in [3.05, 3.63) is 27.4 Å². The van der Waals surface area contributed by atoms with E-state index < -0.39 is 0 Å². The summed E-state index contributed by atoms with van der Waals surface area (Å²) in [4.78, 5) is 22.1. The third kappa shape index (κ3) is 2.77. The predicted octanol–water partition coefficient (Wildman–Crippen LogP) is 0.199. The highest BCUT2D eigenvalue weighted by molar-refractivity contribution is 5.21. The summed E-state index contributed by atoms with van der Waals surface area (Å²) in [6.45, 7) is 7.22. The number of rotatable bonds is 3. The van der Waals surface area contributed by atoms with Crippen molar-refractivity contribution in [2.45, 2.75) is 32.4 Å². The molecule has 0 radical (unpaired) electrons. The van der Waals surface area contributed by atoms with Crippen LogP contribution in [-0.2, 0) is 17.7 Å². The summed E-state index contributed by atoms with van der Waals surface area (Å²) >= 11 is 0. The number of aromatic amines is 1. The Labute approximate surface area is 118 Å². The van der Waals surface area contributed by atoms with Crippen LogP contribution in [0.15, 0.2) is 4.79 Å². The number of hydrogen-bond donors (Lipinski definition) is 2. The SMILES string of the molecule is CCCN1CCOC(c2nc3c(c(=O)[nH]2)CNCC3)C1. The zero-order chi connectivity index (χ0) is 13.9. The lowest BCUT2D eigenvalue weighted by Gasteiger charge is -2.32. The molecule has 2 aliphatic rings. The largest absolute Gasteiger partial charge is 0.368 e. The van der Waals surface area contributed by atoms with Crippen molar-refractivity contribution in [1.82, 2.24) is 20.2 Å². The van der Waals surface area contributed by atoms with Crippen molar-refractivity contribution in [3.8, 4) is 0 Å². The first kappa shape index (κ1) is 13.7. The monoisotopic (exact) mass is 278 g/mol. The third-order valence-corrected chi connectivity index (χ3v) is 3.96. The fourth-order valence-corrected chi connectivity index (χ4v) is 2.91. The Morgan fingerprint density at radius 2 is 2.40 bits per heavy atom. The van der Waals surface area contributed by atoms with E-state index in [2.05, 4.69) is 27.1 Å². The molecule has 0 aliphatic carbocycles. The van der Waals surface area contributed by atoms with Crippen molar-refractivity contribution in [2.75, 3.05) is 32.8 Å². The average molecular weight is 278 g/mol. The summed E-state index contributed by atoms with van der Waals surface area (Å²) in [5.74, 6) is 0.691. The summed E-state index contributed by atoms with van der Waals surface area (Å²) in [5, 5.41) is 3.21. The van der Waals surface area contributed by atoms with Crippen molar-refractivity contribution in [1.29, 1.82) is 0 Å². The molecule has 1 aromatic rings. The number of aromatic nitrogens is 2. The molecule has 6 heteroatoms. The maximum Gasteiger partial charge on any atom is 0.255 e. The predicted molar refractivity (Wildman–Crippen MR) is 75.7 cm³/mol. The molecule has 0 aromatic carbocycles. The summed E-state index contributed by atoms with van der Waals surface area (Å²) in [6, 6.07) is 0. The Morgan fingerprint density at radius 1 is 1.50 bits per heavy atom. The van der Waals surface area contributed by atoms with E-state index in [0.717, 1.165) is 50.3 Å². The van der Waals surface area contributed by atoms with Crippen LogP contribution in [0.25, 0.3) is 0 Å². The number of H-pyrrole nitrogens is 1. The number of morpholine rings is 1. The molecule has 1 fully saturated rings. The average Bonchev–Trinajstić information content (AvgIpc) is 2.48. The Hall–Kier alpha value is -1.24. The first-order valence-electron chi connectivity index (χ1n) is 7.44. The molecule has 0 saturated carbocycles. The second kappa shape index (κ2) is 6.03. The quantitative estimate of drug-likeness (QED) is 0.826. The van der Waals surface area contributed by atoms with E-state index in [9.17, 15) is 4.79 Å². The van der Waals surface area contributed by atoms with Crippen LogP contribution in [0.4, 0.5) is 0 Å². The van der Waals surface area contributed by atoms with Gasteiger partial charge in [0.05, 0.1) is 17.9 Å². The van der Waals surface area contributed by atoms with Gasteiger partial charge in [-0.1, -0.05) is 6.92 Å². The van der Waals surface area contributed by atoms with Gasteiger partial charge in [0.2, 0.25) is 0 Å². The third-order valence-electron chi connectivity index (χ3n) is 3.96. The van der Waals surface area contributed by atoms with E-state index in [1.54, 1.807) is 0 Å². The van der Waals surface area contributed by atoms with Gasteiger partial charge in [-0.15, -0.1) is 0 Å². The van der Waals surface area contributed by atoms with Crippen LogP contribution < -0.4 is 10.9 Å². The number of nitrogens with one attached hydrogen (secondary N) is 2. The zero-order valence-corrected chi connectivity index (χ0v) is 11.9. The van der Waals surface area contributed by atoms with Gasteiger partial charge in [-0.2, -0.15) is 0 Å². The Balaban J connectivity index is 1.83. The molecule has 1 atom stereocenters. The summed E-state index contributed by atoms with van der Waals surface area (Å²) < 4.78 is 5.80. The summed E-state index contributed by atoms with van der Waals surface area (Å²) in [5.41, 5.74) is 1.69. The van der Waals surface area contributed by atoms with E-state index in [0.29, 0.717) is 19.0 Å². The molecule has 1 saturated heterocycles. The van der Waals surface area contributed by atoms with Crippen LogP contribution in [0.1, 0.15) is 36.5 Å². The molecule has 0 spiro atoms. The lowest BCUT2D eigenvalue weighted by Crippen LogP contribution is -2.40. The molecular formula is C14H22N4O2. The van der Waals surface area contributed by atoms with Crippen LogP contribution in [0, 0.1) is 0 Å². The molecule has 1 aromatic heterocycles. The van der Waals surface area contributed by atoms with Gasteiger partial charge in [0.15, 0.2) is 0 Å². The number of hydrogen-bond acceptors (Lipinski definition) is 5. The molecule has 2 aliphatic heterocycles. The maximum absolute atomic E-state index is 12.1. The second-order valence-corrected chi connectivity index (χ2v) is 5.46. The smallest absolute Gasteiger partial charge is 0.255 e. The lowest BCUT2D eigenvalue weighted by atomic mass is 10.1. The number of nitrogens with zero attached hydrogens (tertiary/aromatic N) is 2. The minimum Gasteiger partial charge on any atom is -0.368 e.